The molecule has 1 aromatic heterocycles. The van der Waals surface area contributed by atoms with Crippen LogP contribution in [-0.4, -0.2) is 13.1 Å². The second-order valence-corrected chi connectivity index (χ2v) is 5.63. The molecule has 1 rings (SSSR count). The van der Waals surface area contributed by atoms with Crippen LogP contribution in [0.25, 0.3) is 0 Å². The zero-order chi connectivity index (χ0) is 11.3. The van der Waals surface area contributed by atoms with E-state index in [9.17, 15) is 0 Å². The number of thiophene rings is 1. The van der Waals surface area contributed by atoms with Crippen LogP contribution in [0.4, 0.5) is 0 Å². The first-order valence-corrected chi connectivity index (χ1v) is 6.72. The zero-order valence-corrected chi connectivity index (χ0v) is 11.2. The van der Waals surface area contributed by atoms with Crippen LogP contribution in [-0.2, 0) is 6.42 Å². The van der Waals surface area contributed by atoms with Crippen molar-refractivity contribution in [1.82, 2.24) is 5.32 Å². The molecule has 1 aromatic rings. The van der Waals surface area contributed by atoms with Gasteiger partial charge in [0.2, 0.25) is 0 Å². The van der Waals surface area contributed by atoms with Crippen LogP contribution in [0.2, 0.25) is 0 Å². The Morgan fingerprint density at radius 1 is 1.47 bits per heavy atom. The largest absolute Gasteiger partial charge is 0.316 e. The Morgan fingerprint density at radius 2 is 2.20 bits per heavy atom. The molecule has 86 valence electrons. The van der Waals surface area contributed by atoms with Gasteiger partial charge in [0.05, 0.1) is 0 Å². The number of nitrogens with one attached hydrogen (secondary N) is 1. The molecule has 0 saturated heterocycles. The highest BCUT2D eigenvalue weighted by Crippen LogP contribution is 2.27. The first-order valence-electron chi connectivity index (χ1n) is 5.78. The topological polar surface area (TPSA) is 12.0 Å². The van der Waals surface area contributed by atoms with Gasteiger partial charge in [0.15, 0.2) is 0 Å². The molecule has 1 unspecified atom stereocenters. The van der Waals surface area contributed by atoms with Crippen molar-refractivity contribution < 1.29 is 0 Å². The summed E-state index contributed by atoms with van der Waals surface area (Å²) in [6.45, 7) is 6.97. The Balaban J connectivity index is 2.47. The maximum Gasteiger partial charge on any atom is 0.0118 e. The summed E-state index contributed by atoms with van der Waals surface area (Å²) in [6, 6.07) is 2.85. The molecule has 0 aliphatic carbocycles. The molecule has 2 heteroatoms. The van der Waals surface area contributed by atoms with Crippen molar-refractivity contribution in [2.45, 2.75) is 46.1 Å². The first-order chi connectivity index (χ1) is 7.10. The molecule has 0 fully saturated rings. The summed E-state index contributed by atoms with van der Waals surface area (Å²) >= 11 is 1.79. The third kappa shape index (κ3) is 3.62. The van der Waals surface area contributed by atoms with Crippen molar-refractivity contribution in [2.24, 2.45) is 5.41 Å². The van der Waals surface area contributed by atoms with Gasteiger partial charge in [-0.1, -0.05) is 20.8 Å². The van der Waals surface area contributed by atoms with Crippen molar-refractivity contribution in [3.63, 3.8) is 0 Å². The van der Waals surface area contributed by atoms with Gasteiger partial charge >= 0.3 is 0 Å². The van der Waals surface area contributed by atoms with Gasteiger partial charge in [-0.2, -0.15) is 11.3 Å². The Morgan fingerprint density at radius 3 is 2.67 bits per heavy atom. The molecule has 15 heavy (non-hydrogen) atoms. The predicted molar refractivity (Wildman–Crippen MR) is 69.6 cm³/mol. The average Bonchev–Trinajstić information content (AvgIpc) is 2.71. The molecule has 0 amide bonds. The van der Waals surface area contributed by atoms with E-state index in [0.29, 0.717) is 11.5 Å². The normalized spacial score (nSPS) is 14.1. The van der Waals surface area contributed by atoms with E-state index in [0.717, 1.165) is 0 Å². The number of aryl methyl sites for hydroxylation is 1. The summed E-state index contributed by atoms with van der Waals surface area (Å²) in [7, 11) is 2.08. The molecule has 1 heterocycles. The summed E-state index contributed by atoms with van der Waals surface area (Å²) in [6.07, 6.45) is 3.65. The highest BCUT2D eigenvalue weighted by Gasteiger charge is 2.25. The van der Waals surface area contributed by atoms with E-state index in [4.69, 9.17) is 0 Å². The van der Waals surface area contributed by atoms with E-state index in [-0.39, 0.29) is 0 Å². The zero-order valence-electron chi connectivity index (χ0n) is 10.3. The lowest BCUT2D eigenvalue weighted by Crippen LogP contribution is -2.39. The maximum absolute atomic E-state index is 3.46. The molecule has 1 N–H and O–H groups in total. The summed E-state index contributed by atoms with van der Waals surface area (Å²) in [5.74, 6) is 0. The fourth-order valence-electron chi connectivity index (χ4n) is 1.92. The summed E-state index contributed by atoms with van der Waals surface area (Å²) in [5, 5.41) is 7.88. The first kappa shape index (κ1) is 12.7. The second-order valence-electron chi connectivity index (χ2n) is 4.85. The number of rotatable bonds is 6. The third-order valence-corrected chi connectivity index (χ3v) is 4.24. The van der Waals surface area contributed by atoms with Gasteiger partial charge in [0.1, 0.15) is 0 Å². The van der Waals surface area contributed by atoms with Crippen LogP contribution in [0.15, 0.2) is 16.8 Å². The monoisotopic (exact) mass is 225 g/mol. The second kappa shape index (κ2) is 5.66. The van der Waals surface area contributed by atoms with Crippen LogP contribution in [0.3, 0.4) is 0 Å². The Kier molecular flexibility index (Phi) is 4.81. The minimum absolute atomic E-state index is 0.394. The third-order valence-electron chi connectivity index (χ3n) is 3.50. The lowest BCUT2D eigenvalue weighted by molar-refractivity contribution is 0.231. The lowest BCUT2D eigenvalue weighted by atomic mass is 9.79. The molecule has 1 nitrogen and oxygen atoms in total. The smallest absolute Gasteiger partial charge is 0.0118 e. The van der Waals surface area contributed by atoms with Crippen LogP contribution in [0.5, 0.6) is 0 Å². The minimum atomic E-state index is 0.394. The Bertz CT molecular complexity index is 264. The quantitative estimate of drug-likeness (QED) is 0.778. The van der Waals surface area contributed by atoms with Crippen molar-refractivity contribution >= 4 is 11.3 Å². The standard InChI is InChI=1S/C13H23NS/c1-5-13(2,3)12(14-4)7-6-11-8-9-15-10-11/h8-10,12,14H,5-7H2,1-4H3. The van der Waals surface area contributed by atoms with E-state index in [2.05, 4.69) is 50.0 Å². The van der Waals surface area contributed by atoms with E-state index in [1.54, 1.807) is 11.3 Å². The molecule has 1 atom stereocenters. The number of hydrogen-bond donors (Lipinski definition) is 1. The Labute approximate surface area is 97.9 Å². The number of hydrogen-bond acceptors (Lipinski definition) is 2. The van der Waals surface area contributed by atoms with Gasteiger partial charge in [-0.05, 0) is 54.1 Å². The highest BCUT2D eigenvalue weighted by molar-refractivity contribution is 7.07. The van der Waals surface area contributed by atoms with Crippen LogP contribution >= 0.6 is 11.3 Å². The van der Waals surface area contributed by atoms with Gasteiger partial charge in [-0.3, -0.25) is 0 Å². The van der Waals surface area contributed by atoms with Crippen molar-refractivity contribution in [1.29, 1.82) is 0 Å². The average molecular weight is 225 g/mol. The Hall–Kier alpha value is -0.340. The van der Waals surface area contributed by atoms with Gasteiger partial charge in [-0.15, -0.1) is 0 Å². The SMILES string of the molecule is CCC(C)(C)C(CCc1ccsc1)NC. The van der Waals surface area contributed by atoms with E-state index >= 15 is 0 Å². The van der Waals surface area contributed by atoms with Gasteiger partial charge in [0, 0.05) is 6.04 Å². The molecular formula is C13H23NS. The molecule has 0 aromatic carbocycles. The van der Waals surface area contributed by atoms with Crippen molar-refractivity contribution in [3.05, 3.63) is 22.4 Å². The van der Waals surface area contributed by atoms with Crippen LogP contribution in [0, 0.1) is 5.41 Å². The van der Waals surface area contributed by atoms with Gasteiger partial charge in [0.25, 0.3) is 0 Å². The van der Waals surface area contributed by atoms with E-state index < -0.39 is 0 Å². The lowest BCUT2D eigenvalue weighted by Gasteiger charge is -2.33. The summed E-state index contributed by atoms with van der Waals surface area (Å²) in [5.41, 5.74) is 1.87. The van der Waals surface area contributed by atoms with E-state index in [1.807, 2.05) is 0 Å². The fourth-order valence-corrected chi connectivity index (χ4v) is 2.62. The molecule has 0 radical (unpaired) electrons. The predicted octanol–water partition coefficient (Wildman–Crippen LogP) is 3.70. The molecule has 0 aliphatic rings. The summed E-state index contributed by atoms with van der Waals surface area (Å²) < 4.78 is 0. The van der Waals surface area contributed by atoms with Gasteiger partial charge in [-0.25, -0.2) is 0 Å². The van der Waals surface area contributed by atoms with Crippen LogP contribution in [0.1, 0.15) is 39.2 Å². The van der Waals surface area contributed by atoms with E-state index in [1.165, 1.54) is 24.8 Å². The molecule has 0 saturated carbocycles. The van der Waals surface area contributed by atoms with Gasteiger partial charge < -0.3 is 5.32 Å². The maximum atomic E-state index is 3.46. The van der Waals surface area contributed by atoms with Crippen molar-refractivity contribution in [2.75, 3.05) is 7.05 Å². The van der Waals surface area contributed by atoms with Crippen molar-refractivity contribution in [3.8, 4) is 0 Å². The highest BCUT2D eigenvalue weighted by atomic mass is 32.1. The molecule has 0 spiro atoms. The molecule has 0 aliphatic heterocycles. The minimum Gasteiger partial charge on any atom is -0.316 e. The summed E-state index contributed by atoms with van der Waals surface area (Å²) in [4.78, 5) is 0. The van der Waals surface area contributed by atoms with Crippen LogP contribution < -0.4 is 5.32 Å². The fraction of sp³-hybridized carbons (Fsp3) is 0.692. The molecule has 0 bridgehead atoms. The molecular weight excluding hydrogens is 202 g/mol.